The third kappa shape index (κ3) is 2.91. The van der Waals surface area contributed by atoms with Crippen LogP contribution in [0.25, 0.3) is 0 Å². The van der Waals surface area contributed by atoms with Crippen LogP contribution in [-0.4, -0.2) is 34.2 Å². The Morgan fingerprint density at radius 1 is 1.53 bits per heavy atom. The summed E-state index contributed by atoms with van der Waals surface area (Å²) in [5.74, 6) is 0. The van der Waals surface area contributed by atoms with Gasteiger partial charge in [-0.3, -0.25) is 4.90 Å². The van der Waals surface area contributed by atoms with Gasteiger partial charge in [-0.1, -0.05) is 17.7 Å². The van der Waals surface area contributed by atoms with Crippen LogP contribution in [0.15, 0.2) is 18.3 Å². The largest absolute Gasteiger partial charge is 0.395 e. The van der Waals surface area contributed by atoms with Gasteiger partial charge in [0.25, 0.3) is 0 Å². The molecule has 3 nitrogen and oxygen atoms in total. The number of pyridine rings is 1. The lowest BCUT2D eigenvalue weighted by molar-refractivity contribution is 0.183. The molecule has 0 aromatic carbocycles. The van der Waals surface area contributed by atoms with Gasteiger partial charge in [-0.15, -0.1) is 0 Å². The number of nitrogens with zero attached hydrogens (tertiary/aromatic N) is 2. The number of aliphatic hydroxyl groups excluding tert-OH is 1. The first-order valence-corrected chi connectivity index (χ1v) is 5.63. The molecular weight excluding hydrogens is 212 g/mol. The molecule has 0 radical (unpaired) electrons. The molecule has 4 heteroatoms. The van der Waals surface area contributed by atoms with Crippen LogP contribution in [0, 0.1) is 0 Å². The summed E-state index contributed by atoms with van der Waals surface area (Å²) in [5.41, 5.74) is 1.04. The molecule has 82 valence electrons. The lowest BCUT2D eigenvalue weighted by Crippen LogP contribution is -2.28. The Kier molecular flexibility index (Phi) is 3.57. The second-order valence-corrected chi connectivity index (χ2v) is 4.24. The first kappa shape index (κ1) is 10.9. The molecule has 15 heavy (non-hydrogen) atoms. The SMILES string of the molecule is OCCN(Cc1cccnc1Cl)C1CC1. The fraction of sp³-hybridized carbons (Fsp3) is 0.545. The maximum atomic E-state index is 8.97. The van der Waals surface area contributed by atoms with Gasteiger partial charge in [0.05, 0.1) is 6.61 Å². The van der Waals surface area contributed by atoms with E-state index in [1.165, 1.54) is 12.8 Å². The van der Waals surface area contributed by atoms with Crippen molar-refractivity contribution in [2.45, 2.75) is 25.4 Å². The zero-order valence-electron chi connectivity index (χ0n) is 8.56. The summed E-state index contributed by atoms with van der Waals surface area (Å²) in [6.07, 6.45) is 4.16. The molecule has 1 N–H and O–H groups in total. The highest BCUT2D eigenvalue weighted by atomic mass is 35.5. The minimum atomic E-state index is 0.203. The van der Waals surface area contributed by atoms with Crippen molar-refractivity contribution < 1.29 is 5.11 Å². The predicted octanol–water partition coefficient (Wildman–Crippen LogP) is 1.69. The zero-order valence-corrected chi connectivity index (χ0v) is 9.32. The topological polar surface area (TPSA) is 36.4 Å². The summed E-state index contributed by atoms with van der Waals surface area (Å²) in [5, 5.41) is 9.54. The van der Waals surface area contributed by atoms with Gasteiger partial charge in [-0.05, 0) is 18.9 Å². The van der Waals surface area contributed by atoms with E-state index in [1.807, 2.05) is 12.1 Å². The van der Waals surface area contributed by atoms with Crippen LogP contribution >= 0.6 is 11.6 Å². The van der Waals surface area contributed by atoms with Gasteiger partial charge in [-0.2, -0.15) is 0 Å². The number of rotatable bonds is 5. The van der Waals surface area contributed by atoms with Crippen LogP contribution in [0.3, 0.4) is 0 Å². The highest BCUT2D eigenvalue weighted by Crippen LogP contribution is 2.28. The van der Waals surface area contributed by atoms with Crippen LogP contribution < -0.4 is 0 Å². The molecule has 1 aromatic rings. The van der Waals surface area contributed by atoms with E-state index in [9.17, 15) is 0 Å². The standard InChI is InChI=1S/C11H15ClN2O/c12-11-9(2-1-5-13-11)8-14(6-7-15)10-3-4-10/h1-2,5,10,15H,3-4,6-8H2. The molecule has 0 aliphatic heterocycles. The van der Waals surface area contributed by atoms with E-state index in [0.29, 0.717) is 11.2 Å². The Bertz CT molecular complexity index is 328. The molecule has 1 aromatic heterocycles. The van der Waals surface area contributed by atoms with Gasteiger partial charge in [0, 0.05) is 30.9 Å². The molecule has 0 saturated heterocycles. The number of halogens is 1. The Balaban J connectivity index is 2.02. The number of aromatic nitrogens is 1. The van der Waals surface area contributed by atoms with E-state index in [4.69, 9.17) is 16.7 Å². The maximum Gasteiger partial charge on any atom is 0.133 e. The average Bonchev–Trinajstić information content (AvgIpc) is 3.04. The third-order valence-corrected chi connectivity index (χ3v) is 3.00. The molecule has 0 spiro atoms. The molecule has 0 unspecified atom stereocenters. The van der Waals surface area contributed by atoms with Gasteiger partial charge in [0.15, 0.2) is 0 Å². The van der Waals surface area contributed by atoms with Crippen LogP contribution in [0.4, 0.5) is 0 Å². The van der Waals surface area contributed by atoms with Crippen LogP contribution in [-0.2, 0) is 6.54 Å². The highest BCUT2D eigenvalue weighted by molar-refractivity contribution is 6.30. The zero-order chi connectivity index (χ0) is 10.7. The maximum absolute atomic E-state index is 8.97. The van der Waals surface area contributed by atoms with Crippen molar-refractivity contribution in [3.8, 4) is 0 Å². The van der Waals surface area contributed by atoms with Crippen molar-refractivity contribution in [2.24, 2.45) is 0 Å². The molecule has 2 rings (SSSR count). The Morgan fingerprint density at radius 3 is 2.93 bits per heavy atom. The van der Waals surface area contributed by atoms with E-state index in [-0.39, 0.29) is 6.61 Å². The third-order valence-electron chi connectivity index (χ3n) is 2.66. The van der Waals surface area contributed by atoms with E-state index in [1.54, 1.807) is 6.20 Å². The van der Waals surface area contributed by atoms with Gasteiger partial charge >= 0.3 is 0 Å². The van der Waals surface area contributed by atoms with Crippen molar-refractivity contribution in [2.75, 3.05) is 13.2 Å². The molecule has 1 heterocycles. The molecule has 1 aliphatic carbocycles. The molecule has 0 bridgehead atoms. The normalized spacial score (nSPS) is 15.9. The van der Waals surface area contributed by atoms with Gasteiger partial charge in [0.2, 0.25) is 0 Å². The summed E-state index contributed by atoms with van der Waals surface area (Å²) < 4.78 is 0. The molecule has 1 fully saturated rings. The van der Waals surface area contributed by atoms with Crippen molar-refractivity contribution in [3.63, 3.8) is 0 Å². The summed E-state index contributed by atoms with van der Waals surface area (Å²) in [4.78, 5) is 6.32. The fourth-order valence-electron chi connectivity index (χ4n) is 1.71. The Morgan fingerprint density at radius 2 is 2.33 bits per heavy atom. The second kappa shape index (κ2) is 4.92. The lowest BCUT2D eigenvalue weighted by Gasteiger charge is -2.20. The van der Waals surface area contributed by atoms with Crippen molar-refractivity contribution >= 4 is 11.6 Å². The Hall–Kier alpha value is -0.640. The molecule has 1 aliphatic rings. The molecule has 0 amide bonds. The number of hydrogen-bond donors (Lipinski definition) is 1. The fourth-order valence-corrected chi connectivity index (χ4v) is 1.89. The second-order valence-electron chi connectivity index (χ2n) is 3.88. The van der Waals surface area contributed by atoms with Gasteiger partial charge in [-0.25, -0.2) is 4.98 Å². The summed E-state index contributed by atoms with van der Waals surface area (Å²) in [7, 11) is 0. The van der Waals surface area contributed by atoms with E-state index >= 15 is 0 Å². The molecular formula is C11H15ClN2O. The van der Waals surface area contributed by atoms with Crippen LogP contribution in [0.2, 0.25) is 5.15 Å². The quantitative estimate of drug-likeness (QED) is 0.777. The van der Waals surface area contributed by atoms with E-state index in [0.717, 1.165) is 18.7 Å². The smallest absolute Gasteiger partial charge is 0.133 e. The number of hydrogen-bond acceptors (Lipinski definition) is 3. The minimum absolute atomic E-state index is 0.203. The van der Waals surface area contributed by atoms with Crippen LogP contribution in [0.1, 0.15) is 18.4 Å². The van der Waals surface area contributed by atoms with Crippen LogP contribution in [0.5, 0.6) is 0 Å². The molecule has 0 atom stereocenters. The predicted molar refractivity (Wildman–Crippen MR) is 59.8 cm³/mol. The summed E-state index contributed by atoms with van der Waals surface area (Å²) >= 11 is 5.99. The number of aliphatic hydroxyl groups is 1. The van der Waals surface area contributed by atoms with Crippen molar-refractivity contribution in [1.29, 1.82) is 0 Å². The first-order chi connectivity index (χ1) is 7.31. The van der Waals surface area contributed by atoms with Crippen molar-refractivity contribution in [1.82, 2.24) is 9.88 Å². The lowest BCUT2D eigenvalue weighted by atomic mass is 10.2. The van der Waals surface area contributed by atoms with Gasteiger partial charge in [0.1, 0.15) is 5.15 Å². The Labute approximate surface area is 94.7 Å². The summed E-state index contributed by atoms with van der Waals surface area (Å²) in [6, 6.07) is 4.52. The van der Waals surface area contributed by atoms with Crippen molar-refractivity contribution in [3.05, 3.63) is 29.0 Å². The van der Waals surface area contributed by atoms with E-state index < -0.39 is 0 Å². The molecule has 1 saturated carbocycles. The minimum Gasteiger partial charge on any atom is -0.395 e. The highest BCUT2D eigenvalue weighted by Gasteiger charge is 2.28. The first-order valence-electron chi connectivity index (χ1n) is 5.25. The summed E-state index contributed by atoms with van der Waals surface area (Å²) in [6.45, 7) is 1.71. The van der Waals surface area contributed by atoms with E-state index in [2.05, 4.69) is 9.88 Å². The van der Waals surface area contributed by atoms with Gasteiger partial charge < -0.3 is 5.11 Å². The monoisotopic (exact) mass is 226 g/mol. The average molecular weight is 227 g/mol.